The normalized spacial score (nSPS) is 12.3. The van der Waals surface area contributed by atoms with E-state index in [1.54, 1.807) is 0 Å². The van der Waals surface area contributed by atoms with Gasteiger partial charge in [0, 0.05) is 70.2 Å². The molecule has 0 saturated heterocycles. The van der Waals surface area contributed by atoms with Gasteiger partial charge in [-0.2, -0.15) is 0 Å². The number of thiophene rings is 1. The minimum atomic E-state index is -1.55. The third kappa shape index (κ3) is 7.45. The van der Waals surface area contributed by atoms with Gasteiger partial charge in [0.2, 0.25) is 0 Å². The molecule has 0 aliphatic heterocycles. The van der Waals surface area contributed by atoms with Crippen LogP contribution in [0.4, 0.5) is 34.1 Å². The number of rotatable bonds is 9. The largest absolute Gasteiger partial charge is 0.310 e. The van der Waals surface area contributed by atoms with Gasteiger partial charge in [0.1, 0.15) is 0 Å². The molecule has 0 radical (unpaired) electrons. The summed E-state index contributed by atoms with van der Waals surface area (Å²) in [6.45, 7) is 18.9. The van der Waals surface area contributed by atoms with Crippen LogP contribution < -0.4 is 20.2 Å². The molecule has 12 aromatic rings. The smallest absolute Gasteiger partial charge is 0.0775 e. The van der Waals surface area contributed by atoms with Crippen molar-refractivity contribution < 1.29 is 0 Å². The number of nitrogens with zero attached hydrogens (tertiary/aromatic N) is 3. The number of hydrogen-bond donors (Lipinski definition) is 0. The lowest BCUT2D eigenvalue weighted by atomic mass is 9.96. The van der Waals surface area contributed by atoms with E-state index in [1.807, 2.05) is 11.3 Å². The second-order valence-corrected chi connectivity index (χ2v) is 32.5. The third-order valence-electron chi connectivity index (χ3n) is 14.4. The SMILES string of the molecule is Cc1ccc(N(c2ccc([Si](C)(C)C)cc2)c2cc3c(c4ccccc24)c2c4ccccc4c(N(c4ccc(C)cc4)c4ccc([Si](C)(C)C)cc4)cc2n3-c2ccc3sc4ccccc4c3c2)cc1. The minimum Gasteiger partial charge on any atom is -0.310 e. The van der Waals surface area contributed by atoms with Gasteiger partial charge in [0.05, 0.1) is 38.6 Å². The molecule has 0 aliphatic carbocycles. The Hall–Kier alpha value is -7.23. The summed E-state index contributed by atoms with van der Waals surface area (Å²) in [4.78, 5) is 4.97. The van der Waals surface area contributed by atoms with Gasteiger partial charge in [-0.25, -0.2) is 0 Å². The zero-order valence-electron chi connectivity index (χ0n) is 41.3. The molecule has 2 aromatic heterocycles. The number of hydrogen-bond acceptors (Lipinski definition) is 3. The van der Waals surface area contributed by atoms with Crippen molar-refractivity contribution in [2.45, 2.75) is 53.1 Å². The fourth-order valence-electron chi connectivity index (χ4n) is 10.7. The highest BCUT2D eigenvalue weighted by Crippen LogP contribution is 2.50. The summed E-state index contributed by atoms with van der Waals surface area (Å²) in [5.74, 6) is 0. The maximum absolute atomic E-state index is 2.58. The molecule has 0 amide bonds. The molecule has 3 nitrogen and oxygen atoms in total. The average molecular weight is 956 g/mol. The Morgan fingerprint density at radius 1 is 0.357 bits per heavy atom. The highest BCUT2D eigenvalue weighted by molar-refractivity contribution is 7.25. The summed E-state index contributed by atoms with van der Waals surface area (Å²) in [6, 6.07) is 76.1. The Bertz CT molecular complexity index is 3760. The lowest BCUT2D eigenvalue weighted by Crippen LogP contribution is -2.37. The topological polar surface area (TPSA) is 11.4 Å². The lowest BCUT2D eigenvalue weighted by molar-refractivity contribution is 1.18. The van der Waals surface area contributed by atoms with Crippen LogP contribution in [0, 0.1) is 13.8 Å². The van der Waals surface area contributed by atoms with Crippen LogP contribution in [0.5, 0.6) is 0 Å². The Kier molecular flexibility index (Phi) is 10.5. The molecule has 10 aromatic carbocycles. The maximum atomic E-state index is 2.58. The van der Waals surface area contributed by atoms with E-state index in [0.29, 0.717) is 0 Å². The van der Waals surface area contributed by atoms with Gasteiger partial charge in [-0.3, -0.25) is 0 Å². The summed E-state index contributed by atoms with van der Waals surface area (Å²) in [7, 11) is -3.10. The maximum Gasteiger partial charge on any atom is 0.0775 e. The zero-order chi connectivity index (χ0) is 48.1. The van der Waals surface area contributed by atoms with Gasteiger partial charge in [-0.1, -0.05) is 176 Å². The van der Waals surface area contributed by atoms with E-state index < -0.39 is 16.1 Å². The van der Waals surface area contributed by atoms with Gasteiger partial charge < -0.3 is 14.4 Å². The average Bonchev–Trinajstić information content (AvgIpc) is 3.90. The molecular formula is C64H57N3SSi2. The lowest BCUT2D eigenvalue weighted by Gasteiger charge is -2.28. The zero-order valence-corrected chi connectivity index (χ0v) is 44.1. The number of benzene rings is 10. The molecule has 6 heteroatoms. The van der Waals surface area contributed by atoms with Crippen molar-refractivity contribution in [2.75, 3.05) is 9.80 Å². The molecule has 0 atom stereocenters. The van der Waals surface area contributed by atoms with E-state index in [1.165, 1.54) is 85.0 Å². The standard InChI is InChI=1S/C64H57N3SSi2/c1-42-21-25-44(26-22-42)65(46-29-34-49(35-30-46)69(3,4)5)57-40-59-63(54-18-11-9-15-51(54)57)64-55-19-12-10-16-52(55)58(66(45-27-23-43(2)24-28-45)47-31-36-50(37-32-47)70(6,7)8)41-60(64)67(59)48-33-38-62-56(39-48)53-17-13-14-20-61(53)68-62/h9-41H,1-8H3. The second kappa shape index (κ2) is 16.7. The number of anilines is 6. The highest BCUT2D eigenvalue weighted by atomic mass is 32.1. The van der Waals surface area contributed by atoms with Crippen LogP contribution in [0.1, 0.15) is 11.1 Å². The van der Waals surface area contributed by atoms with Crippen molar-refractivity contribution in [3.8, 4) is 5.69 Å². The van der Waals surface area contributed by atoms with E-state index in [-0.39, 0.29) is 0 Å². The number of aromatic nitrogens is 1. The van der Waals surface area contributed by atoms with Crippen molar-refractivity contribution in [2.24, 2.45) is 0 Å². The van der Waals surface area contributed by atoms with Gasteiger partial charge in [0.15, 0.2) is 0 Å². The van der Waals surface area contributed by atoms with Crippen molar-refractivity contribution in [3.63, 3.8) is 0 Å². The number of fused-ring (bicyclic) bond motifs is 10. The van der Waals surface area contributed by atoms with Gasteiger partial charge in [-0.15, -0.1) is 11.3 Å². The summed E-state index contributed by atoms with van der Waals surface area (Å²) in [5.41, 5.74) is 12.8. The van der Waals surface area contributed by atoms with Gasteiger partial charge in [-0.05, 0) is 110 Å². The van der Waals surface area contributed by atoms with Gasteiger partial charge >= 0.3 is 0 Å². The predicted molar refractivity (Wildman–Crippen MR) is 313 cm³/mol. The van der Waals surface area contributed by atoms with E-state index in [2.05, 4.69) is 268 Å². The van der Waals surface area contributed by atoms with Crippen LogP contribution in [0.2, 0.25) is 39.3 Å². The molecular weight excluding hydrogens is 899 g/mol. The van der Waals surface area contributed by atoms with Crippen molar-refractivity contribution in [1.29, 1.82) is 0 Å². The monoisotopic (exact) mass is 955 g/mol. The first-order chi connectivity index (χ1) is 33.8. The van der Waals surface area contributed by atoms with Crippen molar-refractivity contribution in [1.82, 2.24) is 4.57 Å². The molecule has 2 heterocycles. The van der Waals surface area contributed by atoms with Crippen molar-refractivity contribution in [3.05, 3.63) is 211 Å². The van der Waals surface area contributed by atoms with Crippen molar-refractivity contribution >= 4 is 136 Å². The Labute approximate surface area is 417 Å². The first kappa shape index (κ1) is 44.0. The molecule has 0 N–H and O–H groups in total. The van der Waals surface area contributed by atoms with Gasteiger partial charge in [0.25, 0.3) is 0 Å². The minimum absolute atomic E-state index is 1.13. The van der Waals surface area contributed by atoms with Crippen LogP contribution in [-0.2, 0) is 0 Å². The molecule has 70 heavy (non-hydrogen) atoms. The van der Waals surface area contributed by atoms with E-state index in [9.17, 15) is 0 Å². The molecule has 12 rings (SSSR count). The van der Waals surface area contributed by atoms with E-state index in [4.69, 9.17) is 0 Å². The van der Waals surface area contributed by atoms with E-state index >= 15 is 0 Å². The molecule has 0 bridgehead atoms. The Balaban J connectivity index is 1.23. The predicted octanol–water partition coefficient (Wildman–Crippen LogP) is 18.1. The summed E-state index contributed by atoms with van der Waals surface area (Å²) >= 11 is 1.87. The summed E-state index contributed by atoms with van der Waals surface area (Å²) < 4.78 is 5.18. The Morgan fingerprint density at radius 3 is 1.16 bits per heavy atom. The molecule has 342 valence electrons. The highest BCUT2D eigenvalue weighted by Gasteiger charge is 2.27. The fourth-order valence-corrected chi connectivity index (χ4v) is 14.1. The third-order valence-corrected chi connectivity index (χ3v) is 19.7. The molecule has 0 aliphatic rings. The second-order valence-electron chi connectivity index (χ2n) is 21.2. The first-order valence-corrected chi connectivity index (χ1v) is 32.4. The molecule has 0 spiro atoms. The summed E-state index contributed by atoms with van der Waals surface area (Å²) in [5, 5.41) is 12.9. The fraction of sp³-hybridized carbons (Fsp3) is 0.125. The molecule has 0 unspecified atom stereocenters. The first-order valence-electron chi connectivity index (χ1n) is 24.6. The van der Waals surface area contributed by atoms with E-state index in [0.717, 1.165) is 39.8 Å². The molecule has 0 fully saturated rings. The van der Waals surface area contributed by atoms with Crippen LogP contribution in [0.3, 0.4) is 0 Å². The van der Waals surface area contributed by atoms with Crippen LogP contribution in [-0.4, -0.2) is 20.7 Å². The van der Waals surface area contributed by atoms with Crippen LogP contribution in [0.25, 0.3) is 69.2 Å². The Morgan fingerprint density at radius 2 is 0.729 bits per heavy atom. The van der Waals surface area contributed by atoms with Crippen LogP contribution in [0.15, 0.2) is 200 Å². The summed E-state index contributed by atoms with van der Waals surface area (Å²) in [6.07, 6.45) is 0. The molecule has 0 saturated carbocycles. The van der Waals surface area contributed by atoms with Crippen LogP contribution >= 0.6 is 11.3 Å². The number of aryl methyl sites for hydroxylation is 2. The quantitative estimate of drug-likeness (QED) is 0.134.